The molecule has 0 N–H and O–H groups in total. The average molecular weight is 489 g/mol. The Morgan fingerprint density at radius 3 is 2.62 bits per heavy atom. The van der Waals surface area contributed by atoms with E-state index in [9.17, 15) is 9.59 Å². The quantitative estimate of drug-likeness (QED) is 0.436. The second-order valence-corrected chi connectivity index (χ2v) is 9.47. The van der Waals surface area contributed by atoms with Gasteiger partial charge in [0.15, 0.2) is 5.66 Å². The number of fused-ring (bicyclic) bond motifs is 3. The van der Waals surface area contributed by atoms with E-state index in [2.05, 4.69) is 19.9 Å². The molecule has 1 saturated heterocycles. The second-order valence-electron chi connectivity index (χ2n) is 8.04. The molecular weight excluding hydrogens is 472 g/mol. The molecule has 0 radical (unpaired) electrons. The summed E-state index contributed by atoms with van der Waals surface area (Å²) in [6.45, 7) is 2.58. The maximum Gasteiger partial charge on any atom is 0.268 e. The van der Waals surface area contributed by atoms with Gasteiger partial charge in [0, 0.05) is 54.0 Å². The monoisotopic (exact) mass is 488 g/mol. The molecule has 6 rings (SSSR count). The summed E-state index contributed by atoms with van der Waals surface area (Å²) in [5.41, 5.74) is 2.12. The number of hydrogen-bond donors (Lipinski definition) is 0. The topological polar surface area (TPSA) is 92.2 Å². The van der Waals surface area contributed by atoms with Crippen LogP contribution in [0.3, 0.4) is 0 Å². The van der Waals surface area contributed by atoms with Crippen LogP contribution in [0.1, 0.15) is 36.9 Å². The van der Waals surface area contributed by atoms with Crippen molar-refractivity contribution in [1.29, 1.82) is 0 Å². The number of aryl methyl sites for hydroxylation is 1. The van der Waals surface area contributed by atoms with Gasteiger partial charge >= 0.3 is 0 Å². The van der Waals surface area contributed by atoms with E-state index in [1.165, 1.54) is 11.3 Å². The van der Waals surface area contributed by atoms with E-state index < -0.39 is 5.66 Å². The lowest BCUT2D eigenvalue weighted by Gasteiger charge is -2.40. The number of pyridine rings is 1. The molecule has 8 nitrogen and oxygen atoms in total. The predicted molar refractivity (Wildman–Crippen MR) is 126 cm³/mol. The molecule has 2 amide bonds. The van der Waals surface area contributed by atoms with Crippen LogP contribution in [0.25, 0.3) is 10.7 Å². The molecule has 10 heteroatoms. The molecule has 2 aliphatic rings. The van der Waals surface area contributed by atoms with E-state index in [0.717, 1.165) is 5.56 Å². The Balaban J connectivity index is 1.52. The van der Waals surface area contributed by atoms with Crippen LogP contribution in [-0.2, 0) is 5.66 Å². The number of carbonyl (C=O) groups excluding carboxylic acids is 2. The van der Waals surface area contributed by atoms with Gasteiger partial charge in [-0.3, -0.25) is 24.5 Å². The Labute approximate surface area is 203 Å². The van der Waals surface area contributed by atoms with Gasteiger partial charge < -0.3 is 9.80 Å². The van der Waals surface area contributed by atoms with Gasteiger partial charge in [-0.2, -0.15) is 0 Å². The third-order valence-electron chi connectivity index (χ3n) is 6.27. The lowest BCUT2D eigenvalue weighted by Crippen LogP contribution is -2.51. The molecule has 0 saturated carbocycles. The van der Waals surface area contributed by atoms with Crippen molar-refractivity contribution in [1.82, 2.24) is 29.7 Å². The number of rotatable bonds is 3. The largest absolute Gasteiger partial charge is 0.306 e. The van der Waals surface area contributed by atoms with Crippen molar-refractivity contribution in [2.75, 3.05) is 13.1 Å². The lowest BCUT2D eigenvalue weighted by atomic mass is 9.91. The summed E-state index contributed by atoms with van der Waals surface area (Å²) in [4.78, 5) is 48.8. The van der Waals surface area contributed by atoms with Crippen molar-refractivity contribution in [3.05, 3.63) is 93.6 Å². The van der Waals surface area contributed by atoms with Gasteiger partial charge in [-0.15, -0.1) is 11.3 Å². The zero-order valence-corrected chi connectivity index (χ0v) is 19.5. The fourth-order valence-corrected chi connectivity index (χ4v) is 5.95. The fourth-order valence-electron chi connectivity index (χ4n) is 4.85. The predicted octanol–water partition coefficient (Wildman–Crippen LogP) is 3.77. The molecule has 1 aromatic carbocycles. The van der Waals surface area contributed by atoms with Gasteiger partial charge in [-0.05, 0) is 25.1 Å². The van der Waals surface area contributed by atoms with E-state index in [1.54, 1.807) is 59.0 Å². The van der Waals surface area contributed by atoms with E-state index in [1.807, 2.05) is 19.1 Å². The van der Waals surface area contributed by atoms with Crippen molar-refractivity contribution in [3.8, 4) is 10.7 Å². The van der Waals surface area contributed by atoms with Crippen molar-refractivity contribution in [3.63, 3.8) is 0 Å². The molecule has 4 aromatic rings. The normalized spacial score (nSPS) is 18.8. The molecule has 1 unspecified atom stereocenters. The summed E-state index contributed by atoms with van der Waals surface area (Å²) in [5.74, 6) is -0.323. The van der Waals surface area contributed by atoms with Crippen LogP contribution < -0.4 is 0 Å². The maximum atomic E-state index is 14.1. The first-order valence-corrected chi connectivity index (χ1v) is 11.8. The number of amides is 2. The van der Waals surface area contributed by atoms with Crippen LogP contribution in [-0.4, -0.2) is 54.6 Å². The van der Waals surface area contributed by atoms with E-state index in [0.29, 0.717) is 50.5 Å². The third kappa shape index (κ3) is 2.83. The Hall–Kier alpha value is -3.69. The molecule has 1 fully saturated rings. The Morgan fingerprint density at radius 2 is 1.85 bits per heavy atom. The van der Waals surface area contributed by atoms with Gasteiger partial charge in [0.1, 0.15) is 15.6 Å². The van der Waals surface area contributed by atoms with Gasteiger partial charge in [0.05, 0.1) is 17.5 Å². The van der Waals surface area contributed by atoms with Crippen molar-refractivity contribution in [2.24, 2.45) is 0 Å². The summed E-state index contributed by atoms with van der Waals surface area (Å²) in [6.07, 6.45) is 8.08. The number of benzene rings is 1. The van der Waals surface area contributed by atoms with Crippen LogP contribution in [0.15, 0.2) is 61.3 Å². The highest BCUT2D eigenvalue weighted by molar-refractivity contribution is 7.17. The average Bonchev–Trinajstić information content (AvgIpc) is 3.52. The zero-order valence-electron chi connectivity index (χ0n) is 18.0. The Morgan fingerprint density at radius 1 is 1.06 bits per heavy atom. The summed E-state index contributed by atoms with van der Waals surface area (Å²) in [5, 5.41) is 1.19. The first-order chi connectivity index (χ1) is 16.5. The van der Waals surface area contributed by atoms with Crippen LogP contribution in [0.4, 0.5) is 0 Å². The molecule has 0 spiro atoms. The van der Waals surface area contributed by atoms with Crippen LogP contribution in [0, 0.1) is 6.92 Å². The zero-order chi connectivity index (χ0) is 23.4. The first-order valence-electron chi connectivity index (χ1n) is 10.6. The van der Waals surface area contributed by atoms with Crippen molar-refractivity contribution < 1.29 is 9.59 Å². The minimum Gasteiger partial charge on any atom is -0.306 e. The number of hydrogen-bond acceptors (Lipinski definition) is 7. The van der Waals surface area contributed by atoms with Crippen molar-refractivity contribution in [2.45, 2.75) is 12.6 Å². The maximum absolute atomic E-state index is 14.1. The van der Waals surface area contributed by atoms with Gasteiger partial charge in [0.25, 0.3) is 11.8 Å². The number of halogens is 1. The van der Waals surface area contributed by atoms with Crippen molar-refractivity contribution >= 4 is 34.8 Å². The minimum absolute atomic E-state index is 0.121. The number of aromatic nitrogens is 4. The van der Waals surface area contributed by atoms with E-state index in [-0.39, 0.29) is 11.8 Å². The fraction of sp³-hybridized carbons (Fsp3) is 0.167. The highest BCUT2D eigenvalue weighted by Gasteiger charge is 2.60. The van der Waals surface area contributed by atoms with Gasteiger partial charge in [-0.25, -0.2) is 4.98 Å². The number of thiazole rings is 1. The van der Waals surface area contributed by atoms with Crippen LogP contribution >= 0.6 is 22.9 Å². The SMILES string of the molecule is Cc1nc(-c2cnccn2)sc1C(=O)N1CCN2C(=O)c3ccncc3C21c1ccc(Cl)cc1. The summed E-state index contributed by atoms with van der Waals surface area (Å²) < 4.78 is 0. The lowest BCUT2D eigenvalue weighted by molar-refractivity contribution is 0.0377. The Kier molecular flexibility index (Phi) is 4.72. The smallest absolute Gasteiger partial charge is 0.268 e. The highest BCUT2D eigenvalue weighted by Crippen LogP contribution is 2.50. The van der Waals surface area contributed by atoms with Crippen LogP contribution in [0.5, 0.6) is 0 Å². The number of carbonyl (C=O) groups is 2. The van der Waals surface area contributed by atoms with Crippen LogP contribution in [0.2, 0.25) is 5.02 Å². The highest BCUT2D eigenvalue weighted by atomic mass is 35.5. The molecule has 34 heavy (non-hydrogen) atoms. The summed E-state index contributed by atoms with van der Waals surface area (Å²) in [6, 6.07) is 8.98. The van der Waals surface area contributed by atoms with E-state index >= 15 is 0 Å². The minimum atomic E-state index is -1.11. The first kappa shape index (κ1) is 20.9. The molecule has 2 aliphatic heterocycles. The molecule has 3 aromatic heterocycles. The molecule has 5 heterocycles. The number of nitrogens with zero attached hydrogens (tertiary/aromatic N) is 6. The molecule has 1 atom stereocenters. The molecular formula is C24H17ClN6O2S. The molecule has 168 valence electrons. The summed E-state index contributed by atoms with van der Waals surface area (Å²) >= 11 is 7.45. The van der Waals surface area contributed by atoms with E-state index in [4.69, 9.17) is 11.6 Å². The molecule has 0 bridgehead atoms. The Bertz CT molecular complexity index is 1440. The van der Waals surface area contributed by atoms with Gasteiger partial charge in [-0.1, -0.05) is 23.7 Å². The standard InChI is InChI=1S/C24H17ClN6O2S/c1-14-20(34-21(29-14)19-13-27-8-9-28-19)23(33)31-11-10-30-22(32)17-6-7-26-12-18(17)24(30,31)15-2-4-16(25)5-3-15/h2-9,12-13H,10-11H2,1H3. The second kappa shape index (κ2) is 7.68. The summed E-state index contributed by atoms with van der Waals surface area (Å²) in [7, 11) is 0. The molecule has 0 aliphatic carbocycles. The third-order valence-corrected chi connectivity index (χ3v) is 7.69. The van der Waals surface area contributed by atoms with Gasteiger partial charge in [0.2, 0.25) is 0 Å².